The van der Waals surface area contributed by atoms with Crippen molar-refractivity contribution in [3.05, 3.63) is 66.0 Å². The van der Waals surface area contributed by atoms with Crippen LogP contribution in [0.5, 0.6) is 0 Å². The van der Waals surface area contributed by atoms with Gasteiger partial charge in [0.15, 0.2) is 5.82 Å². The minimum absolute atomic E-state index is 0.0552. The Morgan fingerprint density at radius 2 is 1.84 bits per heavy atom. The summed E-state index contributed by atoms with van der Waals surface area (Å²) < 4.78 is 0. The van der Waals surface area contributed by atoms with Crippen molar-refractivity contribution < 1.29 is 0 Å². The Labute approximate surface area is 181 Å². The van der Waals surface area contributed by atoms with Gasteiger partial charge in [0.1, 0.15) is 5.69 Å². The number of imidazole rings is 1. The fourth-order valence-electron chi connectivity index (χ4n) is 3.83. The van der Waals surface area contributed by atoms with Crippen molar-refractivity contribution in [3.63, 3.8) is 0 Å². The number of aromatic nitrogens is 5. The number of benzene rings is 2. The maximum absolute atomic E-state index is 4.73. The number of nitrogens with zero attached hydrogens (tertiary/aromatic N) is 3. The fraction of sp³-hybridized carbons (Fsp3) is 0.240. The predicted octanol–water partition coefficient (Wildman–Crippen LogP) is 5.36. The van der Waals surface area contributed by atoms with Crippen LogP contribution in [0.25, 0.3) is 44.6 Å². The number of pyridine rings is 1. The van der Waals surface area contributed by atoms with Gasteiger partial charge in [-0.3, -0.25) is 10.1 Å². The lowest BCUT2D eigenvalue weighted by Crippen LogP contribution is -2.35. The minimum atomic E-state index is 0.0552. The van der Waals surface area contributed by atoms with Gasteiger partial charge in [0.05, 0.1) is 16.6 Å². The van der Waals surface area contributed by atoms with Gasteiger partial charge in [-0.05, 0) is 68.7 Å². The molecule has 0 aliphatic carbocycles. The Balaban J connectivity index is 1.57. The Morgan fingerprint density at radius 1 is 1.00 bits per heavy atom. The molecule has 3 heterocycles. The van der Waals surface area contributed by atoms with E-state index in [1.165, 1.54) is 11.1 Å². The molecule has 0 bridgehead atoms. The smallest absolute Gasteiger partial charge is 0.159 e. The first-order valence-corrected chi connectivity index (χ1v) is 10.5. The van der Waals surface area contributed by atoms with Crippen molar-refractivity contribution in [2.75, 3.05) is 0 Å². The fourth-order valence-corrected chi connectivity index (χ4v) is 3.83. The van der Waals surface area contributed by atoms with Crippen LogP contribution < -0.4 is 5.32 Å². The molecule has 0 atom stereocenters. The van der Waals surface area contributed by atoms with Crippen molar-refractivity contribution in [1.29, 1.82) is 0 Å². The molecule has 5 rings (SSSR count). The van der Waals surface area contributed by atoms with E-state index in [0.29, 0.717) is 0 Å². The number of hydrogen-bond donors (Lipinski definition) is 3. The second-order valence-corrected chi connectivity index (χ2v) is 9.01. The van der Waals surface area contributed by atoms with Crippen LogP contribution in [0.15, 0.2) is 54.9 Å². The lowest BCUT2D eigenvalue weighted by atomic mass is 9.97. The van der Waals surface area contributed by atoms with E-state index in [1.54, 1.807) is 0 Å². The molecule has 3 N–H and O–H groups in total. The van der Waals surface area contributed by atoms with Crippen LogP contribution in [0.1, 0.15) is 31.9 Å². The van der Waals surface area contributed by atoms with Gasteiger partial charge < -0.3 is 10.3 Å². The zero-order valence-electron chi connectivity index (χ0n) is 18.2. The summed E-state index contributed by atoms with van der Waals surface area (Å²) in [6.45, 7) is 9.47. The molecule has 0 amide bonds. The van der Waals surface area contributed by atoms with Crippen LogP contribution in [0.3, 0.4) is 0 Å². The first kappa shape index (κ1) is 19.5. The summed E-state index contributed by atoms with van der Waals surface area (Å²) in [7, 11) is 0. The summed E-state index contributed by atoms with van der Waals surface area (Å²) in [5.74, 6) is 0.766. The SMILES string of the molecule is Cc1c(CNC(C)(C)C)cncc1-c1ccc2[nH]nc(-c3nc4ccccc4[nH]3)c2c1. The lowest BCUT2D eigenvalue weighted by Gasteiger charge is -2.21. The molecule has 0 radical (unpaired) electrons. The largest absolute Gasteiger partial charge is 0.337 e. The van der Waals surface area contributed by atoms with Crippen LogP contribution in [0, 0.1) is 6.92 Å². The van der Waals surface area contributed by atoms with Gasteiger partial charge in [0.2, 0.25) is 0 Å². The molecule has 156 valence electrons. The van der Waals surface area contributed by atoms with E-state index >= 15 is 0 Å². The van der Waals surface area contributed by atoms with Crippen LogP contribution in [-0.2, 0) is 6.54 Å². The molecule has 6 heteroatoms. The van der Waals surface area contributed by atoms with E-state index in [0.717, 1.165) is 51.1 Å². The summed E-state index contributed by atoms with van der Waals surface area (Å²) in [4.78, 5) is 12.6. The topological polar surface area (TPSA) is 82.3 Å². The second kappa shape index (κ2) is 7.32. The van der Waals surface area contributed by atoms with Crippen LogP contribution in [-0.4, -0.2) is 30.7 Å². The summed E-state index contributed by atoms with van der Waals surface area (Å²) in [6.07, 6.45) is 3.89. The number of para-hydroxylation sites is 2. The van der Waals surface area contributed by atoms with E-state index in [2.05, 4.69) is 71.4 Å². The molecule has 0 saturated heterocycles. The van der Waals surface area contributed by atoms with Crippen molar-refractivity contribution in [3.8, 4) is 22.6 Å². The van der Waals surface area contributed by atoms with E-state index in [-0.39, 0.29) is 5.54 Å². The molecule has 0 aliphatic rings. The van der Waals surface area contributed by atoms with Gasteiger partial charge in [0, 0.05) is 35.4 Å². The van der Waals surface area contributed by atoms with E-state index < -0.39 is 0 Å². The lowest BCUT2D eigenvalue weighted by molar-refractivity contribution is 0.423. The third kappa shape index (κ3) is 3.70. The van der Waals surface area contributed by atoms with Gasteiger partial charge in [-0.15, -0.1) is 0 Å². The number of hydrogen-bond acceptors (Lipinski definition) is 4. The van der Waals surface area contributed by atoms with Gasteiger partial charge in [-0.25, -0.2) is 4.98 Å². The Morgan fingerprint density at radius 3 is 2.65 bits per heavy atom. The highest BCUT2D eigenvalue weighted by Crippen LogP contribution is 2.32. The number of fused-ring (bicyclic) bond motifs is 2. The van der Waals surface area contributed by atoms with Crippen LogP contribution in [0.4, 0.5) is 0 Å². The monoisotopic (exact) mass is 410 g/mol. The number of H-pyrrole nitrogens is 2. The second-order valence-electron chi connectivity index (χ2n) is 9.01. The van der Waals surface area contributed by atoms with E-state index in [1.807, 2.05) is 36.7 Å². The van der Waals surface area contributed by atoms with Crippen molar-refractivity contribution in [2.24, 2.45) is 0 Å². The van der Waals surface area contributed by atoms with Crippen molar-refractivity contribution in [2.45, 2.75) is 39.8 Å². The maximum Gasteiger partial charge on any atom is 0.159 e. The van der Waals surface area contributed by atoms with Gasteiger partial charge in [0.25, 0.3) is 0 Å². The third-order valence-electron chi connectivity index (χ3n) is 5.62. The Kier molecular flexibility index (Phi) is 4.59. The standard InChI is InChI=1S/C25H26N6/c1-15-17(13-27-25(2,3)4)12-26-14-19(15)16-9-10-20-18(11-16)23(31-30-20)24-28-21-7-5-6-8-22(21)29-24/h5-12,14,27H,13H2,1-4H3,(H,28,29)(H,30,31). The number of nitrogens with one attached hydrogen (secondary N) is 3. The third-order valence-corrected chi connectivity index (χ3v) is 5.62. The van der Waals surface area contributed by atoms with Crippen LogP contribution in [0.2, 0.25) is 0 Å². The highest BCUT2D eigenvalue weighted by Gasteiger charge is 2.15. The quantitative estimate of drug-likeness (QED) is 0.372. The molecule has 5 aromatic rings. The average molecular weight is 411 g/mol. The van der Waals surface area contributed by atoms with Crippen LogP contribution >= 0.6 is 0 Å². The number of aromatic amines is 2. The molecule has 0 fully saturated rings. The molecular weight excluding hydrogens is 384 g/mol. The number of rotatable bonds is 4. The molecule has 3 aromatic heterocycles. The highest BCUT2D eigenvalue weighted by molar-refractivity contribution is 5.95. The molecule has 0 spiro atoms. The zero-order valence-corrected chi connectivity index (χ0v) is 18.2. The van der Waals surface area contributed by atoms with E-state index in [4.69, 9.17) is 4.98 Å². The zero-order chi connectivity index (χ0) is 21.6. The van der Waals surface area contributed by atoms with Gasteiger partial charge in [-0.1, -0.05) is 18.2 Å². The summed E-state index contributed by atoms with van der Waals surface area (Å²) in [6, 6.07) is 14.4. The molecule has 0 saturated carbocycles. The first-order valence-electron chi connectivity index (χ1n) is 10.5. The summed E-state index contributed by atoms with van der Waals surface area (Å²) >= 11 is 0. The molecule has 31 heavy (non-hydrogen) atoms. The molecule has 6 nitrogen and oxygen atoms in total. The average Bonchev–Trinajstić information content (AvgIpc) is 3.35. The summed E-state index contributed by atoms with van der Waals surface area (Å²) in [5.41, 5.74) is 8.49. The highest BCUT2D eigenvalue weighted by atomic mass is 15.1. The van der Waals surface area contributed by atoms with Gasteiger partial charge >= 0.3 is 0 Å². The van der Waals surface area contributed by atoms with Crippen molar-refractivity contribution >= 4 is 21.9 Å². The molecule has 2 aromatic carbocycles. The summed E-state index contributed by atoms with van der Waals surface area (Å²) in [5, 5.41) is 12.3. The minimum Gasteiger partial charge on any atom is -0.337 e. The molecular formula is C25H26N6. The first-order chi connectivity index (χ1) is 14.9. The normalized spacial score (nSPS) is 12.1. The Hall–Kier alpha value is -3.51. The predicted molar refractivity (Wildman–Crippen MR) is 126 cm³/mol. The molecule has 0 aliphatic heterocycles. The maximum atomic E-state index is 4.73. The van der Waals surface area contributed by atoms with Crippen molar-refractivity contribution in [1.82, 2.24) is 30.5 Å². The molecule has 0 unspecified atom stereocenters. The van der Waals surface area contributed by atoms with Gasteiger partial charge in [-0.2, -0.15) is 5.10 Å². The Bertz CT molecular complexity index is 1350. The van der Waals surface area contributed by atoms with E-state index in [9.17, 15) is 0 Å².